The van der Waals surface area contributed by atoms with Crippen LogP contribution in [0.25, 0.3) is 0 Å². The van der Waals surface area contributed by atoms with Gasteiger partial charge >= 0.3 is 9.05 Å². The Morgan fingerprint density at radius 3 is 2.45 bits per heavy atom. The van der Waals surface area contributed by atoms with Crippen LogP contribution in [0.4, 0.5) is 0 Å². The fraction of sp³-hybridized carbons (Fsp3) is 1.00. The van der Waals surface area contributed by atoms with Gasteiger partial charge in [0.05, 0.1) is 0 Å². The van der Waals surface area contributed by atoms with E-state index in [0.717, 1.165) is 0 Å². The summed E-state index contributed by atoms with van der Waals surface area (Å²) < 4.78 is 9.22. The van der Waals surface area contributed by atoms with E-state index in [9.17, 15) is 0 Å². The average molecular weight is 181 g/mol. The van der Waals surface area contributed by atoms with E-state index in [0.29, 0.717) is 13.0 Å². The van der Waals surface area contributed by atoms with Gasteiger partial charge in [-0.2, -0.15) is 0 Å². The van der Waals surface area contributed by atoms with Crippen molar-refractivity contribution in [1.29, 1.82) is 0 Å². The predicted octanol–water partition coefficient (Wildman–Crippen LogP) is -1.19. The van der Waals surface area contributed by atoms with Crippen molar-refractivity contribution < 1.29 is 18.4 Å². The molecule has 0 saturated heterocycles. The minimum atomic E-state index is -3.80. The fourth-order valence-electron chi connectivity index (χ4n) is 0.518. The Labute approximate surface area is 67.2 Å². The number of nitrogens with two attached hydrogens (primary N) is 1. The van der Waals surface area contributed by atoms with E-state index in [4.69, 9.17) is 15.3 Å². The Kier molecular flexibility index (Phi) is 5.65. The summed E-state index contributed by atoms with van der Waals surface area (Å²) in [5.74, 6) is 0. The van der Waals surface area contributed by atoms with Crippen LogP contribution >= 0.6 is 0 Å². The second kappa shape index (κ2) is 5.64. The summed E-state index contributed by atoms with van der Waals surface area (Å²) in [5.41, 5.74) is 5.16. The van der Waals surface area contributed by atoms with Gasteiger partial charge in [-0.15, -0.1) is 0 Å². The van der Waals surface area contributed by atoms with E-state index in [2.05, 4.69) is 8.85 Å². The standard InChI is InChI=1S/C5H15NO4Si/c1-2-9-11(7,8)10-5-3-4-6/h7-8H,2-6H2,1H3. The van der Waals surface area contributed by atoms with Crippen LogP contribution in [0, 0.1) is 0 Å². The van der Waals surface area contributed by atoms with Crippen LogP contribution in [-0.4, -0.2) is 38.4 Å². The molecular weight excluding hydrogens is 166 g/mol. The van der Waals surface area contributed by atoms with Crippen LogP contribution in [-0.2, 0) is 8.85 Å². The highest BCUT2D eigenvalue weighted by Gasteiger charge is 2.35. The van der Waals surface area contributed by atoms with Crippen molar-refractivity contribution in [1.82, 2.24) is 0 Å². The topological polar surface area (TPSA) is 84.9 Å². The molecule has 0 rings (SSSR count). The molecule has 68 valence electrons. The zero-order valence-electron chi connectivity index (χ0n) is 6.62. The summed E-state index contributed by atoms with van der Waals surface area (Å²) in [4.78, 5) is 17.9. The Hall–Kier alpha value is 0.0169. The minimum absolute atomic E-state index is 0.232. The van der Waals surface area contributed by atoms with Crippen molar-refractivity contribution in [3.05, 3.63) is 0 Å². The SMILES string of the molecule is CCO[Si](O)(O)OCCCN. The van der Waals surface area contributed by atoms with E-state index < -0.39 is 9.05 Å². The normalized spacial score (nSPS) is 12.0. The third-order valence-electron chi connectivity index (χ3n) is 0.971. The second-order valence-electron chi connectivity index (χ2n) is 1.97. The van der Waals surface area contributed by atoms with Crippen LogP contribution in [0.2, 0.25) is 0 Å². The van der Waals surface area contributed by atoms with Crippen molar-refractivity contribution >= 4 is 9.05 Å². The van der Waals surface area contributed by atoms with E-state index in [1.54, 1.807) is 6.92 Å². The molecule has 11 heavy (non-hydrogen) atoms. The van der Waals surface area contributed by atoms with E-state index in [1.165, 1.54) is 0 Å². The van der Waals surface area contributed by atoms with E-state index >= 15 is 0 Å². The molecule has 0 spiro atoms. The Morgan fingerprint density at radius 1 is 1.36 bits per heavy atom. The molecular formula is C5H15NO4Si. The Morgan fingerprint density at radius 2 is 2.00 bits per heavy atom. The lowest BCUT2D eigenvalue weighted by Crippen LogP contribution is -2.43. The first-order valence-electron chi connectivity index (χ1n) is 3.55. The number of hydrogen-bond donors (Lipinski definition) is 3. The number of rotatable bonds is 6. The molecule has 0 heterocycles. The van der Waals surface area contributed by atoms with Crippen molar-refractivity contribution in [2.24, 2.45) is 5.73 Å². The molecule has 0 aliphatic heterocycles. The third kappa shape index (κ3) is 6.42. The van der Waals surface area contributed by atoms with Gasteiger partial charge in [0.2, 0.25) is 0 Å². The first-order valence-corrected chi connectivity index (χ1v) is 5.26. The molecule has 0 aromatic heterocycles. The highest BCUT2D eigenvalue weighted by Crippen LogP contribution is 1.97. The first kappa shape index (κ1) is 11.0. The Balaban J connectivity index is 3.38. The van der Waals surface area contributed by atoms with Crippen molar-refractivity contribution in [2.45, 2.75) is 13.3 Å². The third-order valence-corrected chi connectivity index (χ3v) is 2.22. The fourth-order valence-corrected chi connectivity index (χ4v) is 1.39. The van der Waals surface area contributed by atoms with E-state index in [-0.39, 0.29) is 13.2 Å². The molecule has 0 aromatic rings. The maximum absolute atomic E-state index is 8.95. The van der Waals surface area contributed by atoms with Gasteiger partial charge in [0.25, 0.3) is 0 Å². The highest BCUT2D eigenvalue weighted by molar-refractivity contribution is 6.50. The lowest BCUT2D eigenvalue weighted by molar-refractivity contribution is 0.0276. The molecule has 0 aromatic carbocycles. The van der Waals surface area contributed by atoms with Crippen molar-refractivity contribution in [3.63, 3.8) is 0 Å². The quantitative estimate of drug-likeness (QED) is 0.354. The lowest BCUT2D eigenvalue weighted by Gasteiger charge is -2.15. The molecule has 4 N–H and O–H groups in total. The van der Waals surface area contributed by atoms with Crippen LogP contribution in [0.1, 0.15) is 13.3 Å². The molecule has 0 amide bonds. The first-order chi connectivity index (χ1) is 5.12. The van der Waals surface area contributed by atoms with Crippen molar-refractivity contribution in [2.75, 3.05) is 19.8 Å². The second-order valence-corrected chi connectivity index (χ2v) is 3.65. The van der Waals surface area contributed by atoms with Gasteiger partial charge in [-0.1, -0.05) is 0 Å². The number of hydrogen-bond acceptors (Lipinski definition) is 5. The van der Waals surface area contributed by atoms with Crippen LogP contribution in [0.15, 0.2) is 0 Å². The molecule has 0 saturated carbocycles. The zero-order chi connectivity index (χ0) is 8.74. The van der Waals surface area contributed by atoms with Gasteiger partial charge in [-0.3, -0.25) is 0 Å². The summed E-state index contributed by atoms with van der Waals surface area (Å²) >= 11 is 0. The summed E-state index contributed by atoms with van der Waals surface area (Å²) in [6.07, 6.45) is 0.600. The summed E-state index contributed by atoms with van der Waals surface area (Å²) in [7, 11) is -3.80. The molecule has 0 unspecified atom stereocenters. The summed E-state index contributed by atoms with van der Waals surface area (Å²) in [6, 6.07) is 0. The minimum Gasteiger partial charge on any atom is -0.367 e. The van der Waals surface area contributed by atoms with Gasteiger partial charge < -0.3 is 24.2 Å². The van der Waals surface area contributed by atoms with Crippen LogP contribution < -0.4 is 5.73 Å². The maximum atomic E-state index is 8.95. The maximum Gasteiger partial charge on any atom is 0.674 e. The van der Waals surface area contributed by atoms with Gasteiger partial charge in [-0.05, 0) is 19.9 Å². The summed E-state index contributed by atoms with van der Waals surface area (Å²) in [6.45, 7) is 2.61. The molecule has 0 radical (unpaired) electrons. The van der Waals surface area contributed by atoms with Gasteiger partial charge in [0.15, 0.2) is 0 Å². The Bertz CT molecular complexity index is 100. The molecule has 0 aliphatic rings. The van der Waals surface area contributed by atoms with E-state index in [1.807, 2.05) is 0 Å². The molecule has 5 nitrogen and oxygen atoms in total. The van der Waals surface area contributed by atoms with Crippen LogP contribution in [0.3, 0.4) is 0 Å². The highest BCUT2D eigenvalue weighted by atomic mass is 28.4. The predicted molar refractivity (Wildman–Crippen MR) is 41.4 cm³/mol. The monoisotopic (exact) mass is 181 g/mol. The molecule has 6 heteroatoms. The smallest absolute Gasteiger partial charge is 0.367 e. The van der Waals surface area contributed by atoms with Gasteiger partial charge in [0.1, 0.15) is 0 Å². The summed E-state index contributed by atoms with van der Waals surface area (Å²) in [5, 5.41) is 0. The lowest BCUT2D eigenvalue weighted by atomic mass is 10.5. The molecule has 0 bridgehead atoms. The van der Waals surface area contributed by atoms with Gasteiger partial charge in [-0.25, -0.2) is 0 Å². The average Bonchev–Trinajstić information content (AvgIpc) is 1.87. The zero-order valence-corrected chi connectivity index (χ0v) is 7.62. The largest absolute Gasteiger partial charge is 0.674 e. The van der Waals surface area contributed by atoms with Crippen molar-refractivity contribution in [3.8, 4) is 0 Å². The van der Waals surface area contributed by atoms with Crippen LogP contribution in [0.5, 0.6) is 0 Å². The molecule has 0 aliphatic carbocycles. The van der Waals surface area contributed by atoms with Gasteiger partial charge in [0, 0.05) is 13.2 Å². The molecule has 0 atom stereocenters. The molecule has 0 fully saturated rings.